The molecule has 0 saturated carbocycles. The van der Waals surface area contributed by atoms with Crippen LogP contribution in [0.2, 0.25) is 0 Å². The van der Waals surface area contributed by atoms with Gasteiger partial charge >= 0.3 is 0 Å². The zero-order valence-electron chi connectivity index (χ0n) is 10.1. The second kappa shape index (κ2) is 4.72. The van der Waals surface area contributed by atoms with Crippen LogP contribution in [0.25, 0.3) is 0 Å². The molecule has 0 N–H and O–H groups in total. The van der Waals surface area contributed by atoms with Crippen molar-refractivity contribution in [3.8, 4) is 0 Å². The lowest BCUT2D eigenvalue weighted by Gasteiger charge is -2.23. The molecule has 1 aliphatic heterocycles. The number of benzene rings is 1. The van der Waals surface area contributed by atoms with E-state index in [-0.39, 0.29) is 12.4 Å². The number of hydrogen-bond acceptors (Lipinski definition) is 3. The first-order valence-electron chi connectivity index (χ1n) is 5.63. The van der Waals surface area contributed by atoms with Gasteiger partial charge in [0.15, 0.2) is 5.60 Å². The van der Waals surface area contributed by atoms with Gasteiger partial charge in [0.1, 0.15) is 0 Å². The SMILES string of the molecule is CC1=CC(=O)C(C)(COCc2ccccc2)O1. The van der Waals surface area contributed by atoms with E-state index in [0.29, 0.717) is 12.4 Å². The highest BCUT2D eigenvalue weighted by atomic mass is 16.6. The van der Waals surface area contributed by atoms with Crippen molar-refractivity contribution in [2.75, 3.05) is 6.61 Å². The quantitative estimate of drug-likeness (QED) is 0.800. The van der Waals surface area contributed by atoms with Crippen molar-refractivity contribution >= 4 is 5.78 Å². The summed E-state index contributed by atoms with van der Waals surface area (Å²) in [4.78, 5) is 11.7. The molecule has 90 valence electrons. The Labute approximate surface area is 101 Å². The molecule has 0 fully saturated rings. The standard InChI is InChI=1S/C14H16O3/c1-11-8-13(15)14(2,17-11)10-16-9-12-6-4-3-5-7-12/h3-8H,9-10H2,1-2H3. The molecule has 1 aliphatic rings. The van der Waals surface area contributed by atoms with Crippen molar-refractivity contribution in [1.82, 2.24) is 0 Å². The Morgan fingerprint density at radius 3 is 2.59 bits per heavy atom. The van der Waals surface area contributed by atoms with Crippen LogP contribution in [0, 0.1) is 0 Å². The monoisotopic (exact) mass is 232 g/mol. The van der Waals surface area contributed by atoms with Gasteiger partial charge in [-0.3, -0.25) is 4.79 Å². The van der Waals surface area contributed by atoms with Crippen molar-refractivity contribution in [2.24, 2.45) is 0 Å². The average Bonchev–Trinajstić information content (AvgIpc) is 2.54. The molecule has 1 unspecified atom stereocenters. The van der Waals surface area contributed by atoms with Gasteiger partial charge in [-0.05, 0) is 19.4 Å². The zero-order valence-corrected chi connectivity index (χ0v) is 10.1. The first-order valence-corrected chi connectivity index (χ1v) is 5.63. The van der Waals surface area contributed by atoms with E-state index in [9.17, 15) is 4.79 Å². The Bertz CT molecular complexity index is 436. The predicted molar refractivity (Wildman–Crippen MR) is 64.4 cm³/mol. The fourth-order valence-corrected chi connectivity index (χ4v) is 1.81. The summed E-state index contributed by atoms with van der Waals surface area (Å²) in [6, 6.07) is 9.86. The second-order valence-electron chi connectivity index (χ2n) is 4.43. The normalized spacial score (nSPS) is 23.4. The van der Waals surface area contributed by atoms with Gasteiger partial charge in [0.05, 0.1) is 19.0 Å². The van der Waals surface area contributed by atoms with Crippen LogP contribution in [0.5, 0.6) is 0 Å². The largest absolute Gasteiger partial charge is 0.481 e. The first-order chi connectivity index (χ1) is 8.10. The molecule has 1 heterocycles. The van der Waals surface area contributed by atoms with E-state index in [4.69, 9.17) is 9.47 Å². The van der Waals surface area contributed by atoms with Crippen molar-refractivity contribution in [1.29, 1.82) is 0 Å². The summed E-state index contributed by atoms with van der Waals surface area (Å²) in [6.07, 6.45) is 1.52. The summed E-state index contributed by atoms with van der Waals surface area (Å²) >= 11 is 0. The Hall–Kier alpha value is -1.61. The number of ether oxygens (including phenoxy) is 2. The van der Waals surface area contributed by atoms with Gasteiger partial charge in [0.2, 0.25) is 5.78 Å². The van der Waals surface area contributed by atoms with Crippen molar-refractivity contribution in [3.05, 3.63) is 47.7 Å². The molecular weight excluding hydrogens is 216 g/mol. The van der Waals surface area contributed by atoms with Crippen LogP contribution < -0.4 is 0 Å². The third kappa shape index (κ3) is 2.74. The molecule has 0 saturated heterocycles. The van der Waals surface area contributed by atoms with E-state index in [1.807, 2.05) is 30.3 Å². The lowest BCUT2D eigenvalue weighted by atomic mass is 10.0. The number of allylic oxidation sites excluding steroid dienone is 1. The molecule has 0 spiro atoms. The maximum atomic E-state index is 11.7. The number of hydrogen-bond donors (Lipinski definition) is 0. The molecule has 1 aromatic rings. The van der Waals surface area contributed by atoms with E-state index in [1.54, 1.807) is 13.8 Å². The van der Waals surface area contributed by atoms with E-state index < -0.39 is 5.60 Å². The molecule has 0 aliphatic carbocycles. The molecule has 17 heavy (non-hydrogen) atoms. The van der Waals surface area contributed by atoms with Crippen molar-refractivity contribution < 1.29 is 14.3 Å². The Morgan fingerprint density at radius 1 is 1.29 bits per heavy atom. The van der Waals surface area contributed by atoms with E-state index in [0.717, 1.165) is 5.56 Å². The zero-order chi connectivity index (χ0) is 12.3. The first kappa shape index (κ1) is 11.9. The molecule has 3 heteroatoms. The predicted octanol–water partition coefficient (Wildman–Crippen LogP) is 2.47. The Kier molecular flexibility index (Phi) is 3.29. The van der Waals surface area contributed by atoms with E-state index in [1.165, 1.54) is 6.08 Å². The number of ketones is 1. The molecule has 0 amide bonds. The van der Waals surface area contributed by atoms with Crippen LogP contribution in [0.3, 0.4) is 0 Å². The van der Waals surface area contributed by atoms with E-state index in [2.05, 4.69) is 0 Å². The van der Waals surface area contributed by atoms with Crippen molar-refractivity contribution in [3.63, 3.8) is 0 Å². The molecule has 3 nitrogen and oxygen atoms in total. The molecular formula is C14H16O3. The van der Waals surface area contributed by atoms with Gasteiger partial charge in [-0.1, -0.05) is 30.3 Å². The van der Waals surface area contributed by atoms with Crippen LogP contribution in [0.4, 0.5) is 0 Å². The van der Waals surface area contributed by atoms with Crippen LogP contribution in [0.15, 0.2) is 42.2 Å². The summed E-state index contributed by atoms with van der Waals surface area (Å²) in [6.45, 7) is 4.30. The molecule has 0 bridgehead atoms. The maximum Gasteiger partial charge on any atom is 0.204 e. The lowest BCUT2D eigenvalue weighted by molar-refractivity contribution is -0.135. The summed E-state index contributed by atoms with van der Waals surface area (Å²) in [5, 5.41) is 0. The summed E-state index contributed by atoms with van der Waals surface area (Å²) in [5.41, 5.74) is 0.241. The smallest absolute Gasteiger partial charge is 0.204 e. The fraction of sp³-hybridized carbons (Fsp3) is 0.357. The van der Waals surface area contributed by atoms with Gasteiger partial charge in [0, 0.05) is 6.08 Å². The molecule has 0 radical (unpaired) electrons. The molecule has 2 rings (SSSR count). The average molecular weight is 232 g/mol. The highest BCUT2D eigenvalue weighted by Crippen LogP contribution is 2.25. The molecule has 1 aromatic carbocycles. The summed E-state index contributed by atoms with van der Waals surface area (Å²) in [5.74, 6) is 0.629. The van der Waals surface area contributed by atoms with Gasteiger partial charge in [-0.2, -0.15) is 0 Å². The highest BCUT2D eigenvalue weighted by Gasteiger charge is 2.39. The minimum atomic E-state index is -0.848. The second-order valence-corrected chi connectivity index (χ2v) is 4.43. The molecule has 1 atom stereocenters. The minimum absolute atomic E-state index is 0.0249. The van der Waals surface area contributed by atoms with Crippen LogP contribution >= 0.6 is 0 Å². The number of carbonyl (C=O) groups excluding carboxylic acids is 1. The fourth-order valence-electron chi connectivity index (χ4n) is 1.81. The number of carbonyl (C=O) groups is 1. The minimum Gasteiger partial charge on any atom is -0.481 e. The Balaban J connectivity index is 1.86. The third-order valence-corrected chi connectivity index (χ3v) is 2.73. The van der Waals surface area contributed by atoms with Gasteiger partial charge in [-0.25, -0.2) is 0 Å². The Morgan fingerprint density at radius 2 is 2.00 bits per heavy atom. The van der Waals surface area contributed by atoms with Gasteiger partial charge < -0.3 is 9.47 Å². The molecule has 0 aromatic heterocycles. The van der Waals surface area contributed by atoms with Crippen LogP contribution in [-0.4, -0.2) is 18.0 Å². The topological polar surface area (TPSA) is 35.5 Å². The third-order valence-electron chi connectivity index (χ3n) is 2.73. The van der Waals surface area contributed by atoms with E-state index >= 15 is 0 Å². The van der Waals surface area contributed by atoms with Crippen LogP contribution in [-0.2, 0) is 20.9 Å². The summed E-state index contributed by atoms with van der Waals surface area (Å²) in [7, 11) is 0. The maximum absolute atomic E-state index is 11.7. The number of rotatable bonds is 4. The van der Waals surface area contributed by atoms with Gasteiger partial charge in [-0.15, -0.1) is 0 Å². The lowest BCUT2D eigenvalue weighted by Crippen LogP contribution is -2.38. The summed E-state index contributed by atoms with van der Waals surface area (Å²) < 4.78 is 11.0. The van der Waals surface area contributed by atoms with Crippen molar-refractivity contribution in [2.45, 2.75) is 26.1 Å². The van der Waals surface area contributed by atoms with Gasteiger partial charge in [0.25, 0.3) is 0 Å². The van der Waals surface area contributed by atoms with Crippen LogP contribution in [0.1, 0.15) is 19.4 Å². The highest BCUT2D eigenvalue weighted by molar-refractivity contribution is 5.99.